The van der Waals surface area contributed by atoms with Crippen molar-refractivity contribution in [3.05, 3.63) is 289 Å². The summed E-state index contributed by atoms with van der Waals surface area (Å²) in [5.41, 5.74) is 17.9. The second kappa shape index (κ2) is 16.2. The summed E-state index contributed by atoms with van der Waals surface area (Å²) in [5, 5.41) is 4.89. The van der Waals surface area contributed by atoms with Gasteiger partial charge in [0.05, 0.1) is 5.41 Å². The molecule has 12 aromatic rings. The van der Waals surface area contributed by atoms with Crippen molar-refractivity contribution in [2.75, 3.05) is 9.80 Å². The predicted molar refractivity (Wildman–Crippen MR) is 285 cm³/mol. The SMILES string of the molecule is c1ccc(-c2ccc(N(c3ccccc3)c3ccc4c(c3)-c3cc(N(c5ccccc5)c5ccccc5)ccc3C4(c3ccc4ccccc4c3)c3cccc4[nH]c5ccccc5c34)cc2)cc1. The molecule has 0 radical (unpaired) electrons. The lowest BCUT2D eigenvalue weighted by Crippen LogP contribution is -2.29. The molecule has 1 atom stereocenters. The maximum absolute atomic E-state index is 3.81. The second-order valence-electron chi connectivity index (χ2n) is 17.8. The summed E-state index contributed by atoms with van der Waals surface area (Å²) in [6.07, 6.45) is 0. The van der Waals surface area contributed by atoms with Gasteiger partial charge in [0.2, 0.25) is 0 Å². The Morgan fingerprint density at radius 3 is 1.37 bits per heavy atom. The van der Waals surface area contributed by atoms with Crippen LogP contribution in [0.2, 0.25) is 0 Å². The van der Waals surface area contributed by atoms with Crippen LogP contribution in [0.4, 0.5) is 34.1 Å². The van der Waals surface area contributed by atoms with Gasteiger partial charge in [0.25, 0.3) is 0 Å². The number of H-pyrrole nitrogens is 1. The van der Waals surface area contributed by atoms with Gasteiger partial charge in [-0.25, -0.2) is 0 Å². The molecule has 3 heteroatoms. The lowest BCUT2D eigenvalue weighted by atomic mass is 9.66. The zero-order valence-corrected chi connectivity index (χ0v) is 37.3. The largest absolute Gasteiger partial charge is 0.355 e. The Morgan fingerprint density at radius 1 is 0.294 bits per heavy atom. The van der Waals surface area contributed by atoms with E-state index in [2.05, 4.69) is 282 Å². The fourth-order valence-electron chi connectivity index (χ4n) is 11.0. The van der Waals surface area contributed by atoms with E-state index in [9.17, 15) is 0 Å². The van der Waals surface area contributed by atoms with Crippen LogP contribution in [0.1, 0.15) is 22.3 Å². The average molecular weight is 868 g/mol. The molecule has 0 saturated carbocycles. The quantitative estimate of drug-likeness (QED) is 0.156. The average Bonchev–Trinajstić information content (AvgIpc) is 3.94. The number of aromatic nitrogens is 1. The highest BCUT2D eigenvalue weighted by Crippen LogP contribution is 2.60. The first-order valence-corrected chi connectivity index (χ1v) is 23.4. The molecule has 0 bridgehead atoms. The van der Waals surface area contributed by atoms with Gasteiger partial charge in [0.1, 0.15) is 0 Å². The van der Waals surface area contributed by atoms with Crippen molar-refractivity contribution < 1.29 is 0 Å². The summed E-state index contributed by atoms with van der Waals surface area (Å²) in [4.78, 5) is 8.59. The highest BCUT2D eigenvalue weighted by molar-refractivity contribution is 6.11. The summed E-state index contributed by atoms with van der Waals surface area (Å²) in [6.45, 7) is 0. The summed E-state index contributed by atoms with van der Waals surface area (Å²) >= 11 is 0. The van der Waals surface area contributed by atoms with Crippen LogP contribution in [0.5, 0.6) is 0 Å². The molecule has 1 unspecified atom stereocenters. The lowest BCUT2D eigenvalue weighted by molar-refractivity contribution is 0.778. The number of rotatable bonds is 9. The number of fused-ring (bicyclic) bond motifs is 7. The number of hydrogen-bond acceptors (Lipinski definition) is 2. The molecule has 0 aliphatic heterocycles. The van der Waals surface area contributed by atoms with Gasteiger partial charge in [-0.3, -0.25) is 0 Å². The van der Waals surface area contributed by atoms with E-state index < -0.39 is 5.41 Å². The Hall–Kier alpha value is -8.92. The van der Waals surface area contributed by atoms with Crippen LogP contribution in [-0.4, -0.2) is 4.98 Å². The van der Waals surface area contributed by atoms with Gasteiger partial charge in [-0.1, -0.05) is 176 Å². The van der Waals surface area contributed by atoms with Crippen molar-refractivity contribution in [1.29, 1.82) is 0 Å². The van der Waals surface area contributed by atoms with Gasteiger partial charge in [-0.05, 0) is 146 Å². The lowest BCUT2D eigenvalue weighted by Gasteiger charge is -2.35. The number of benzene rings is 11. The summed E-state index contributed by atoms with van der Waals surface area (Å²) in [5.74, 6) is 0. The molecular formula is C65H45N3. The summed E-state index contributed by atoms with van der Waals surface area (Å²) in [7, 11) is 0. The van der Waals surface area contributed by atoms with E-state index in [4.69, 9.17) is 0 Å². The summed E-state index contributed by atoms with van der Waals surface area (Å²) in [6, 6.07) is 97.7. The van der Waals surface area contributed by atoms with E-state index in [0.717, 1.165) is 45.2 Å². The Morgan fingerprint density at radius 2 is 0.765 bits per heavy atom. The molecule has 320 valence electrons. The normalized spacial score (nSPS) is 13.9. The molecule has 0 spiro atoms. The molecule has 11 aromatic carbocycles. The summed E-state index contributed by atoms with van der Waals surface area (Å²) < 4.78 is 0. The van der Waals surface area contributed by atoms with Gasteiger partial charge in [0, 0.05) is 55.9 Å². The molecule has 3 nitrogen and oxygen atoms in total. The number of anilines is 6. The fourth-order valence-corrected chi connectivity index (χ4v) is 11.0. The number of aromatic amines is 1. The molecule has 1 aromatic heterocycles. The van der Waals surface area contributed by atoms with Gasteiger partial charge >= 0.3 is 0 Å². The topological polar surface area (TPSA) is 22.3 Å². The monoisotopic (exact) mass is 867 g/mol. The predicted octanol–water partition coefficient (Wildman–Crippen LogP) is 17.4. The van der Waals surface area contributed by atoms with E-state index in [0.29, 0.717) is 0 Å². The fraction of sp³-hybridized carbons (Fsp3) is 0.0154. The molecule has 1 aliphatic rings. The standard InChI is InChI=1S/C65H45N3/c1-5-18-45(19-6-1)47-33-36-53(37-34-47)68(52-26-11-4-12-27-52)55-39-41-60-58(44-55)57-43-54(67(50-22-7-2-8-23-50)51-24-9-3-10-25-51)38-40-59(57)65(60,49-35-32-46-20-13-14-21-48(46)42-49)61-29-17-31-63-64(61)56-28-15-16-30-62(56)66-63/h1-44,66H. The van der Waals surface area contributed by atoms with Crippen molar-refractivity contribution in [2.24, 2.45) is 0 Å². The van der Waals surface area contributed by atoms with Gasteiger partial charge in [-0.15, -0.1) is 0 Å². The van der Waals surface area contributed by atoms with Crippen LogP contribution in [-0.2, 0) is 5.41 Å². The molecule has 1 N–H and O–H groups in total. The maximum Gasteiger partial charge on any atom is 0.0720 e. The smallest absolute Gasteiger partial charge is 0.0720 e. The van der Waals surface area contributed by atoms with Crippen molar-refractivity contribution in [1.82, 2.24) is 4.98 Å². The Bertz CT molecular complexity index is 3750. The van der Waals surface area contributed by atoms with Gasteiger partial charge in [0.15, 0.2) is 0 Å². The molecule has 1 heterocycles. The zero-order valence-electron chi connectivity index (χ0n) is 37.3. The van der Waals surface area contributed by atoms with Gasteiger partial charge < -0.3 is 14.8 Å². The van der Waals surface area contributed by atoms with E-state index in [-0.39, 0.29) is 0 Å². The Kier molecular flexibility index (Phi) is 9.40. The van der Waals surface area contributed by atoms with Crippen LogP contribution < -0.4 is 9.80 Å². The van der Waals surface area contributed by atoms with Crippen molar-refractivity contribution in [3.63, 3.8) is 0 Å². The van der Waals surface area contributed by atoms with Crippen molar-refractivity contribution >= 4 is 66.7 Å². The Labute approximate surface area is 396 Å². The first kappa shape index (κ1) is 39.4. The highest BCUT2D eigenvalue weighted by atomic mass is 15.1. The number of nitrogens with one attached hydrogen (secondary N) is 1. The van der Waals surface area contributed by atoms with Crippen LogP contribution in [0.15, 0.2) is 267 Å². The van der Waals surface area contributed by atoms with Gasteiger partial charge in [-0.2, -0.15) is 0 Å². The first-order valence-electron chi connectivity index (χ1n) is 23.4. The number of para-hydroxylation sites is 4. The zero-order chi connectivity index (χ0) is 45.0. The third kappa shape index (κ3) is 6.35. The molecule has 0 saturated heterocycles. The van der Waals surface area contributed by atoms with Crippen molar-refractivity contribution in [3.8, 4) is 22.3 Å². The van der Waals surface area contributed by atoms with E-state index in [1.807, 2.05) is 0 Å². The third-order valence-corrected chi connectivity index (χ3v) is 14.0. The van der Waals surface area contributed by atoms with Crippen LogP contribution in [0, 0.1) is 0 Å². The second-order valence-corrected chi connectivity index (χ2v) is 17.8. The molecule has 1 aliphatic carbocycles. The molecule has 0 amide bonds. The van der Waals surface area contributed by atoms with Crippen molar-refractivity contribution in [2.45, 2.75) is 5.41 Å². The van der Waals surface area contributed by atoms with E-state index in [1.54, 1.807) is 0 Å². The van der Waals surface area contributed by atoms with Crippen LogP contribution >= 0.6 is 0 Å². The number of hydrogen-bond donors (Lipinski definition) is 1. The minimum Gasteiger partial charge on any atom is -0.355 e. The Balaban J connectivity index is 1.12. The van der Waals surface area contributed by atoms with E-state index >= 15 is 0 Å². The highest BCUT2D eigenvalue weighted by Gasteiger charge is 2.48. The first-order chi connectivity index (χ1) is 33.7. The van der Waals surface area contributed by atoms with E-state index in [1.165, 1.54) is 66.1 Å². The number of nitrogens with zero attached hydrogens (tertiary/aromatic N) is 2. The maximum atomic E-state index is 3.81. The molecule has 0 fully saturated rings. The van der Waals surface area contributed by atoms with Crippen LogP contribution in [0.25, 0.3) is 54.8 Å². The molecule has 68 heavy (non-hydrogen) atoms. The minimum absolute atomic E-state index is 0.699. The van der Waals surface area contributed by atoms with Crippen LogP contribution in [0.3, 0.4) is 0 Å². The third-order valence-electron chi connectivity index (χ3n) is 14.0. The molecule has 13 rings (SSSR count). The minimum atomic E-state index is -0.699. The molecular weight excluding hydrogens is 823 g/mol.